The summed E-state index contributed by atoms with van der Waals surface area (Å²) >= 11 is 5.11. The highest BCUT2D eigenvalue weighted by molar-refractivity contribution is 9.10. The van der Waals surface area contributed by atoms with Crippen LogP contribution in [-0.2, 0) is 6.61 Å². The molecule has 1 aromatic heterocycles. The molecule has 4 heteroatoms. The van der Waals surface area contributed by atoms with E-state index in [0.29, 0.717) is 6.61 Å². The molecule has 1 aromatic carbocycles. The molecule has 2 aromatic rings. The first kappa shape index (κ1) is 12.6. The molecule has 2 nitrogen and oxygen atoms in total. The number of para-hydroxylation sites is 1. The van der Waals surface area contributed by atoms with Crippen molar-refractivity contribution in [3.63, 3.8) is 0 Å². The van der Waals surface area contributed by atoms with Crippen LogP contribution in [0.4, 0.5) is 0 Å². The Labute approximate surface area is 114 Å². The minimum atomic E-state index is -0.0127. The summed E-state index contributed by atoms with van der Waals surface area (Å²) < 4.78 is 6.91. The molecule has 1 atom stereocenters. The molecule has 2 N–H and O–H groups in total. The van der Waals surface area contributed by atoms with Crippen molar-refractivity contribution >= 4 is 27.3 Å². The van der Waals surface area contributed by atoms with Crippen LogP contribution in [0.25, 0.3) is 0 Å². The van der Waals surface area contributed by atoms with Gasteiger partial charge < -0.3 is 10.5 Å². The van der Waals surface area contributed by atoms with E-state index in [1.807, 2.05) is 31.2 Å². The van der Waals surface area contributed by atoms with Crippen LogP contribution in [0.1, 0.15) is 23.4 Å². The Morgan fingerprint density at radius 1 is 1.41 bits per heavy atom. The van der Waals surface area contributed by atoms with Crippen molar-refractivity contribution in [3.8, 4) is 5.75 Å². The standard InChI is InChI=1S/C13H14BrNOS/c1-9(15)12-4-2-3-5-13(12)16-7-11-6-10(14)8-17-11/h2-6,8-9H,7,15H2,1H3. The molecule has 0 aliphatic rings. The number of thiophene rings is 1. The number of hydrogen-bond acceptors (Lipinski definition) is 3. The van der Waals surface area contributed by atoms with Crippen molar-refractivity contribution in [1.29, 1.82) is 0 Å². The zero-order chi connectivity index (χ0) is 12.3. The Hall–Kier alpha value is -0.840. The molecule has 0 radical (unpaired) electrons. The first-order valence-electron chi connectivity index (χ1n) is 5.37. The number of hydrogen-bond donors (Lipinski definition) is 1. The normalized spacial score (nSPS) is 12.4. The fraction of sp³-hybridized carbons (Fsp3) is 0.231. The van der Waals surface area contributed by atoms with Crippen molar-refractivity contribution in [2.45, 2.75) is 19.6 Å². The van der Waals surface area contributed by atoms with Crippen LogP contribution in [-0.4, -0.2) is 0 Å². The zero-order valence-corrected chi connectivity index (χ0v) is 11.9. The lowest BCUT2D eigenvalue weighted by Crippen LogP contribution is -2.07. The fourth-order valence-corrected chi connectivity index (χ4v) is 2.93. The first-order valence-corrected chi connectivity index (χ1v) is 7.04. The van der Waals surface area contributed by atoms with Gasteiger partial charge in [-0.25, -0.2) is 0 Å². The van der Waals surface area contributed by atoms with Crippen LogP contribution in [0.3, 0.4) is 0 Å². The van der Waals surface area contributed by atoms with Crippen LogP contribution in [0, 0.1) is 0 Å². The average molecular weight is 312 g/mol. The van der Waals surface area contributed by atoms with Crippen LogP contribution < -0.4 is 10.5 Å². The van der Waals surface area contributed by atoms with Crippen LogP contribution in [0.15, 0.2) is 40.2 Å². The maximum absolute atomic E-state index is 5.90. The molecule has 17 heavy (non-hydrogen) atoms. The summed E-state index contributed by atoms with van der Waals surface area (Å²) in [6.07, 6.45) is 0. The second kappa shape index (κ2) is 5.67. The number of ether oxygens (including phenoxy) is 1. The van der Waals surface area contributed by atoms with Crippen molar-refractivity contribution in [3.05, 3.63) is 50.6 Å². The van der Waals surface area contributed by atoms with E-state index in [0.717, 1.165) is 15.8 Å². The number of rotatable bonds is 4. The van der Waals surface area contributed by atoms with Gasteiger partial charge in [0.05, 0.1) is 0 Å². The summed E-state index contributed by atoms with van der Waals surface area (Å²) in [4.78, 5) is 1.19. The smallest absolute Gasteiger partial charge is 0.124 e. The van der Waals surface area contributed by atoms with Gasteiger partial charge in [-0.05, 0) is 35.0 Å². The summed E-state index contributed by atoms with van der Waals surface area (Å²) in [5, 5.41) is 2.05. The van der Waals surface area contributed by atoms with Gasteiger partial charge >= 0.3 is 0 Å². The molecule has 0 saturated heterocycles. The summed E-state index contributed by atoms with van der Waals surface area (Å²) in [6, 6.07) is 9.96. The monoisotopic (exact) mass is 311 g/mol. The summed E-state index contributed by atoms with van der Waals surface area (Å²) in [6.45, 7) is 2.55. The van der Waals surface area contributed by atoms with Gasteiger partial charge in [-0.3, -0.25) is 0 Å². The lowest BCUT2D eigenvalue weighted by Gasteiger charge is -2.13. The molecule has 2 rings (SSSR count). The second-order valence-corrected chi connectivity index (χ2v) is 5.76. The Morgan fingerprint density at radius 2 is 2.18 bits per heavy atom. The molecule has 0 saturated carbocycles. The van der Waals surface area contributed by atoms with Crippen molar-refractivity contribution in [2.75, 3.05) is 0 Å². The molecular weight excluding hydrogens is 298 g/mol. The van der Waals surface area contributed by atoms with Gasteiger partial charge in [-0.1, -0.05) is 18.2 Å². The number of nitrogens with two attached hydrogens (primary N) is 1. The second-order valence-electron chi connectivity index (χ2n) is 3.85. The lowest BCUT2D eigenvalue weighted by molar-refractivity contribution is 0.305. The molecule has 0 aliphatic carbocycles. The van der Waals surface area contributed by atoms with E-state index in [1.54, 1.807) is 11.3 Å². The van der Waals surface area contributed by atoms with Crippen molar-refractivity contribution in [2.24, 2.45) is 5.73 Å². The molecule has 90 valence electrons. The molecule has 0 amide bonds. The van der Waals surface area contributed by atoms with Crippen LogP contribution >= 0.6 is 27.3 Å². The van der Waals surface area contributed by atoms with E-state index in [1.165, 1.54) is 4.88 Å². The van der Waals surface area contributed by atoms with Gasteiger partial charge in [0.2, 0.25) is 0 Å². The van der Waals surface area contributed by atoms with Gasteiger partial charge in [0.1, 0.15) is 12.4 Å². The average Bonchev–Trinajstić information content (AvgIpc) is 2.73. The highest BCUT2D eigenvalue weighted by atomic mass is 79.9. The van der Waals surface area contributed by atoms with E-state index in [4.69, 9.17) is 10.5 Å². The summed E-state index contributed by atoms with van der Waals surface area (Å²) in [5.41, 5.74) is 6.95. The third-order valence-corrected chi connectivity index (χ3v) is 4.07. The van der Waals surface area contributed by atoms with E-state index in [-0.39, 0.29) is 6.04 Å². The zero-order valence-electron chi connectivity index (χ0n) is 9.52. The van der Waals surface area contributed by atoms with Crippen molar-refractivity contribution in [1.82, 2.24) is 0 Å². The van der Waals surface area contributed by atoms with Crippen molar-refractivity contribution < 1.29 is 4.74 Å². The Kier molecular flexibility index (Phi) is 4.20. The third-order valence-electron chi connectivity index (χ3n) is 2.40. The van der Waals surface area contributed by atoms with Gasteiger partial charge in [-0.15, -0.1) is 11.3 Å². The van der Waals surface area contributed by atoms with Gasteiger partial charge in [0, 0.05) is 26.3 Å². The van der Waals surface area contributed by atoms with E-state index >= 15 is 0 Å². The van der Waals surface area contributed by atoms with E-state index in [2.05, 4.69) is 27.4 Å². The highest BCUT2D eigenvalue weighted by Gasteiger charge is 2.07. The minimum absolute atomic E-state index is 0.0127. The van der Waals surface area contributed by atoms with Gasteiger partial charge in [0.15, 0.2) is 0 Å². The van der Waals surface area contributed by atoms with E-state index in [9.17, 15) is 0 Å². The SMILES string of the molecule is CC(N)c1ccccc1OCc1cc(Br)cs1. The van der Waals surface area contributed by atoms with Gasteiger partial charge in [0.25, 0.3) is 0 Å². The summed E-state index contributed by atoms with van der Waals surface area (Å²) in [7, 11) is 0. The first-order chi connectivity index (χ1) is 8.16. The maximum atomic E-state index is 5.90. The highest BCUT2D eigenvalue weighted by Crippen LogP contribution is 2.26. The lowest BCUT2D eigenvalue weighted by atomic mass is 10.1. The molecule has 1 heterocycles. The molecule has 0 aliphatic heterocycles. The maximum Gasteiger partial charge on any atom is 0.124 e. The number of benzene rings is 1. The molecular formula is C13H14BrNOS. The van der Waals surface area contributed by atoms with E-state index < -0.39 is 0 Å². The molecule has 0 bridgehead atoms. The predicted octanol–water partition coefficient (Wildman–Crippen LogP) is 4.11. The van der Waals surface area contributed by atoms with Crippen LogP contribution in [0.2, 0.25) is 0 Å². The molecule has 0 spiro atoms. The Morgan fingerprint density at radius 3 is 2.82 bits per heavy atom. The third kappa shape index (κ3) is 3.31. The predicted molar refractivity (Wildman–Crippen MR) is 75.4 cm³/mol. The quantitative estimate of drug-likeness (QED) is 0.922. The molecule has 1 unspecified atom stereocenters. The number of halogens is 1. The van der Waals surface area contributed by atoms with Crippen LogP contribution in [0.5, 0.6) is 5.75 Å². The fourth-order valence-electron chi connectivity index (χ4n) is 1.57. The Balaban J connectivity index is 2.08. The topological polar surface area (TPSA) is 35.2 Å². The minimum Gasteiger partial charge on any atom is -0.488 e. The Bertz CT molecular complexity index is 496. The summed E-state index contributed by atoms with van der Waals surface area (Å²) in [5.74, 6) is 0.868. The molecule has 0 fully saturated rings. The largest absolute Gasteiger partial charge is 0.488 e. The van der Waals surface area contributed by atoms with Gasteiger partial charge in [-0.2, -0.15) is 0 Å².